The van der Waals surface area contributed by atoms with E-state index < -0.39 is 0 Å². The molecule has 29 heavy (non-hydrogen) atoms. The molecule has 4 rings (SSSR count). The molecule has 0 atom stereocenters. The monoisotopic (exact) mass is 417 g/mol. The van der Waals surface area contributed by atoms with Crippen molar-refractivity contribution in [3.63, 3.8) is 0 Å². The van der Waals surface area contributed by atoms with Gasteiger partial charge in [-0.15, -0.1) is 11.3 Å². The molecule has 0 aliphatic carbocycles. The van der Waals surface area contributed by atoms with Crippen LogP contribution in [0.3, 0.4) is 0 Å². The number of piperidine rings is 1. The van der Waals surface area contributed by atoms with Crippen molar-refractivity contribution in [2.45, 2.75) is 31.7 Å². The number of thiazole rings is 1. The minimum atomic E-state index is -0.202. The van der Waals surface area contributed by atoms with E-state index in [4.69, 9.17) is 0 Å². The fourth-order valence-electron chi connectivity index (χ4n) is 4.01. The number of nitrogens with zero attached hydrogens (tertiary/aromatic N) is 3. The maximum absolute atomic E-state index is 13.7. The second kappa shape index (κ2) is 8.36. The molecule has 0 bridgehead atoms. The van der Waals surface area contributed by atoms with Crippen LogP contribution in [0.5, 0.6) is 0 Å². The van der Waals surface area contributed by atoms with E-state index in [-0.39, 0.29) is 24.2 Å². The maximum Gasteiger partial charge on any atom is 0.323 e. The number of likely N-dealkylation sites (tertiary alicyclic amines) is 1. The third-order valence-corrected chi connectivity index (χ3v) is 6.36. The predicted octanol–water partition coefficient (Wildman–Crippen LogP) is 2.63. The first-order valence-electron chi connectivity index (χ1n) is 9.79. The largest absolute Gasteiger partial charge is 0.368 e. The van der Waals surface area contributed by atoms with E-state index in [1.54, 1.807) is 23.4 Å². The van der Waals surface area contributed by atoms with E-state index in [9.17, 15) is 14.0 Å². The van der Waals surface area contributed by atoms with Gasteiger partial charge in [-0.2, -0.15) is 0 Å². The van der Waals surface area contributed by atoms with Crippen molar-refractivity contribution in [3.8, 4) is 0 Å². The number of amides is 3. The molecular formula is C20H24FN5O2S. The Hall–Kier alpha value is -2.68. The highest BCUT2D eigenvalue weighted by Crippen LogP contribution is 2.33. The van der Waals surface area contributed by atoms with E-state index in [2.05, 4.69) is 20.5 Å². The minimum Gasteiger partial charge on any atom is -0.368 e. The number of fused-ring (bicyclic) bond motifs is 1. The van der Waals surface area contributed by atoms with Gasteiger partial charge < -0.3 is 15.1 Å². The first kappa shape index (κ1) is 19.6. The van der Waals surface area contributed by atoms with Gasteiger partial charge in [-0.1, -0.05) is 6.07 Å². The van der Waals surface area contributed by atoms with Crippen LogP contribution in [0.4, 0.5) is 20.0 Å². The average molecular weight is 418 g/mol. The second-order valence-corrected chi connectivity index (χ2v) is 8.22. The fourth-order valence-corrected chi connectivity index (χ4v) is 4.71. The topological polar surface area (TPSA) is 77.6 Å². The molecule has 1 saturated heterocycles. The molecule has 2 aliphatic heterocycles. The standard InChI is InChI=1S/C20H24FN5O2S/c1-22-18(27)11-15-12-29-19(23-15)24-20(28)25-7-5-16(6-8-25)26-9-4-13-2-3-14(21)10-17(13)26/h2-3,10,12,16H,4-9,11H2,1H3,(H,22,27)(H,23,24,28). The number of benzene rings is 1. The van der Waals surface area contributed by atoms with Gasteiger partial charge in [0.15, 0.2) is 5.13 Å². The number of carbonyl (C=O) groups excluding carboxylic acids is 2. The van der Waals surface area contributed by atoms with E-state index in [0.29, 0.717) is 30.0 Å². The minimum absolute atomic E-state index is 0.112. The first-order valence-corrected chi connectivity index (χ1v) is 10.7. The lowest BCUT2D eigenvalue weighted by Gasteiger charge is -2.38. The molecule has 0 unspecified atom stereocenters. The van der Waals surface area contributed by atoms with Crippen LogP contribution in [0, 0.1) is 5.82 Å². The van der Waals surface area contributed by atoms with Gasteiger partial charge in [0.1, 0.15) is 5.82 Å². The number of carbonyl (C=O) groups is 2. The van der Waals surface area contributed by atoms with E-state index >= 15 is 0 Å². The number of urea groups is 1. The summed E-state index contributed by atoms with van der Waals surface area (Å²) in [7, 11) is 1.58. The SMILES string of the molecule is CNC(=O)Cc1csc(NC(=O)N2CCC(N3CCc4ccc(F)cc43)CC2)n1. The third-order valence-electron chi connectivity index (χ3n) is 5.56. The van der Waals surface area contributed by atoms with Gasteiger partial charge in [0.25, 0.3) is 0 Å². The quantitative estimate of drug-likeness (QED) is 0.802. The Morgan fingerprint density at radius 1 is 1.28 bits per heavy atom. The summed E-state index contributed by atoms with van der Waals surface area (Å²) >= 11 is 1.32. The molecule has 1 aromatic heterocycles. The Morgan fingerprint density at radius 2 is 2.07 bits per heavy atom. The van der Waals surface area contributed by atoms with Crippen LogP contribution >= 0.6 is 11.3 Å². The van der Waals surface area contributed by atoms with Crippen molar-refractivity contribution in [3.05, 3.63) is 40.7 Å². The summed E-state index contributed by atoms with van der Waals surface area (Å²) in [6.07, 6.45) is 2.84. The molecule has 0 saturated carbocycles. The van der Waals surface area contributed by atoms with E-state index in [1.165, 1.54) is 23.0 Å². The average Bonchev–Trinajstić information content (AvgIpc) is 3.34. The summed E-state index contributed by atoms with van der Waals surface area (Å²) in [6, 6.07) is 5.17. The molecule has 0 spiro atoms. The summed E-state index contributed by atoms with van der Waals surface area (Å²) < 4.78 is 13.7. The Kier molecular flexibility index (Phi) is 5.66. The fraction of sp³-hybridized carbons (Fsp3) is 0.450. The van der Waals surface area contributed by atoms with Crippen LogP contribution in [0.2, 0.25) is 0 Å². The van der Waals surface area contributed by atoms with Gasteiger partial charge in [-0.25, -0.2) is 14.2 Å². The molecule has 9 heteroatoms. The normalized spacial score (nSPS) is 16.6. The summed E-state index contributed by atoms with van der Waals surface area (Å²) in [5.74, 6) is -0.315. The van der Waals surface area contributed by atoms with Gasteiger partial charge >= 0.3 is 6.03 Å². The van der Waals surface area contributed by atoms with Gasteiger partial charge in [0.2, 0.25) is 5.91 Å². The van der Waals surface area contributed by atoms with E-state index in [1.807, 2.05) is 6.07 Å². The molecule has 0 radical (unpaired) electrons. The Labute approximate surface area is 172 Å². The van der Waals surface area contributed by atoms with Gasteiger partial charge in [-0.3, -0.25) is 10.1 Å². The molecule has 1 aromatic carbocycles. The molecule has 1 fully saturated rings. The van der Waals surface area contributed by atoms with Crippen LogP contribution in [0.15, 0.2) is 23.6 Å². The first-order chi connectivity index (χ1) is 14.0. The van der Waals surface area contributed by atoms with Crippen molar-refractivity contribution >= 4 is 34.1 Å². The molecule has 7 nitrogen and oxygen atoms in total. The molecular weight excluding hydrogens is 393 g/mol. The summed E-state index contributed by atoms with van der Waals surface area (Å²) in [6.45, 7) is 2.20. The number of aromatic nitrogens is 1. The molecule has 3 heterocycles. The van der Waals surface area contributed by atoms with Crippen molar-refractivity contribution < 1.29 is 14.0 Å². The Morgan fingerprint density at radius 3 is 2.83 bits per heavy atom. The lowest BCUT2D eigenvalue weighted by molar-refractivity contribution is -0.120. The highest BCUT2D eigenvalue weighted by molar-refractivity contribution is 7.13. The van der Waals surface area contributed by atoms with E-state index in [0.717, 1.165) is 31.5 Å². The van der Waals surface area contributed by atoms with Crippen LogP contribution < -0.4 is 15.5 Å². The zero-order valence-electron chi connectivity index (χ0n) is 16.3. The van der Waals surface area contributed by atoms with Crippen molar-refractivity contribution in [2.75, 3.05) is 36.9 Å². The Balaban J connectivity index is 1.31. The number of anilines is 2. The predicted molar refractivity (Wildman–Crippen MR) is 111 cm³/mol. The summed E-state index contributed by atoms with van der Waals surface area (Å²) in [5, 5.41) is 7.67. The lowest BCUT2D eigenvalue weighted by atomic mass is 10.0. The van der Waals surface area contributed by atoms with Gasteiger partial charge in [0, 0.05) is 43.8 Å². The van der Waals surface area contributed by atoms with Crippen molar-refractivity contribution in [1.29, 1.82) is 0 Å². The van der Waals surface area contributed by atoms with Crippen LogP contribution in [-0.2, 0) is 17.6 Å². The summed E-state index contributed by atoms with van der Waals surface area (Å²) in [5.41, 5.74) is 2.84. The highest BCUT2D eigenvalue weighted by atomic mass is 32.1. The zero-order chi connectivity index (χ0) is 20.4. The number of nitrogens with one attached hydrogen (secondary N) is 2. The number of rotatable bonds is 4. The van der Waals surface area contributed by atoms with Crippen molar-refractivity contribution in [1.82, 2.24) is 15.2 Å². The van der Waals surface area contributed by atoms with Gasteiger partial charge in [-0.05, 0) is 37.0 Å². The second-order valence-electron chi connectivity index (χ2n) is 7.36. The van der Waals surface area contributed by atoms with Crippen molar-refractivity contribution in [2.24, 2.45) is 0 Å². The number of halogens is 1. The molecule has 2 aliphatic rings. The third kappa shape index (κ3) is 4.34. The zero-order valence-corrected chi connectivity index (χ0v) is 17.1. The molecule has 154 valence electrons. The summed E-state index contributed by atoms with van der Waals surface area (Å²) in [4.78, 5) is 32.4. The lowest BCUT2D eigenvalue weighted by Crippen LogP contribution is -2.47. The van der Waals surface area contributed by atoms with Crippen LogP contribution in [-0.4, -0.2) is 54.5 Å². The smallest absolute Gasteiger partial charge is 0.323 e. The highest BCUT2D eigenvalue weighted by Gasteiger charge is 2.31. The van der Waals surface area contributed by atoms with Crippen LogP contribution in [0.25, 0.3) is 0 Å². The van der Waals surface area contributed by atoms with Gasteiger partial charge in [0.05, 0.1) is 12.1 Å². The maximum atomic E-state index is 13.7. The number of hydrogen-bond donors (Lipinski definition) is 2. The van der Waals surface area contributed by atoms with Crippen LogP contribution in [0.1, 0.15) is 24.1 Å². The molecule has 2 aromatic rings. The molecule has 3 amide bonds. The number of likely N-dealkylation sites (N-methyl/N-ethyl adjacent to an activating group) is 1. The molecule has 2 N–H and O–H groups in total. The number of hydrogen-bond acceptors (Lipinski definition) is 5. The Bertz CT molecular complexity index is 910.